The summed E-state index contributed by atoms with van der Waals surface area (Å²) in [7, 11) is 1.38. The summed E-state index contributed by atoms with van der Waals surface area (Å²) in [6, 6.07) is 4.79. The molecule has 1 rings (SSSR count). The van der Waals surface area contributed by atoms with E-state index in [1.807, 2.05) is 0 Å². The summed E-state index contributed by atoms with van der Waals surface area (Å²) >= 11 is 0. The van der Waals surface area contributed by atoms with E-state index in [-0.39, 0.29) is 5.75 Å². The Hall–Kier alpha value is -1.79. The maximum absolute atomic E-state index is 11.8. The molecule has 1 aromatic rings. The molecule has 15 heavy (non-hydrogen) atoms. The molecule has 0 saturated carbocycles. The zero-order valence-corrected chi connectivity index (χ0v) is 7.65. The van der Waals surface area contributed by atoms with Crippen LogP contribution in [0.25, 0.3) is 0 Å². The number of ether oxygens (including phenoxy) is 1. The van der Waals surface area contributed by atoms with Crippen molar-refractivity contribution in [3.8, 4) is 5.75 Å². The van der Waals surface area contributed by atoms with Gasteiger partial charge in [0.05, 0.1) is 11.0 Å². The summed E-state index contributed by atoms with van der Waals surface area (Å²) in [5.74, 6) is -0.342. The predicted octanol–water partition coefficient (Wildman–Crippen LogP) is 2.70. The third kappa shape index (κ3) is 3.45. The first-order chi connectivity index (χ1) is 6.92. The Balaban J connectivity index is 2.77. The van der Waals surface area contributed by atoms with Gasteiger partial charge in [0.2, 0.25) is 0 Å². The fourth-order valence-corrected chi connectivity index (χ4v) is 0.911. The van der Waals surface area contributed by atoms with Crippen molar-refractivity contribution in [2.75, 3.05) is 12.1 Å². The second-order valence-electron chi connectivity index (χ2n) is 2.65. The molecule has 0 aromatic heterocycles. The van der Waals surface area contributed by atoms with E-state index in [2.05, 4.69) is 10.0 Å². The smallest absolute Gasteiger partial charge is 0.406 e. The normalized spacial score (nSPS) is 10.9. The number of hydrogen-bond donors (Lipinski definition) is 0. The number of nitrogens with zero attached hydrogens (tertiary/aromatic N) is 2. The number of benzene rings is 1. The molecular weight excluding hydrogens is 213 g/mol. The van der Waals surface area contributed by atoms with E-state index in [1.165, 1.54) is 19.2 Å². The van der Waals surface area contributed by atoms with Crippen molar-refractivity contribution in [2.24, 2.45) is 5.29 Å². The van der Waals surface area contributed by atoms with Crippen molar-refractivity contribution < 1.29 is 17.9 Å². The third-order valence-corrected chi connectivity index (χ3v) is 1.57. The minimum Gasteiger partial charge on any atom is -0.406 e. The molecule has 0 atom stereocenters. The summed E-state index contributed by atoms with van der Waals surface area (Å²) < 4.78 is 38.9. The third-order valence-electron chi connectivity index (χ3n) is 1.57. The molecule has 0 fully saturated rings. The van der Waals surface area contributed by atoms with Gasteiger partial charge in [-0.1, -0.05) is 0 Å². The second kappa shape index (κ2) is 4.16. The van der Waals surface area contributed by atoms with Crippen LogP contribution in [-0.4, -0.2) is 13.4 Å². The molecule has 0 bridgehead atoms. The van der Waals surface area contributed by atoms with Crippen molar-refractivity contribution in [3.63, 3.8) is 0 Å². The van der Waals surface area contributed by atoms with Gasteiger partial charge >= 0.3 is 6.36 Å². The molecule has 0 aliphatic rings. The van der Waals surface area contributed by atoms with Gasteiger partial charge in [0.1, 0.15) is 5.75 Å². The Morgan fingerprint density at radius 3 is 2.20 bits per heavy atom. The van der Waals surface area contributed by atoms with Gasteiger partial charge in [-0.2, -0.15) is 0 Å². The van der Waals surface area contributed by atoms with Crippen LogP contribution in [0.1, 0.15) is 0 Å². The van der Waals surface area contributed by atoms with Crippen molar-refractivity contribution in [2.45, 2.75) is 6.36 Å². The molecule has 0 aliphatic carbocycles. The van der Waals surface area contributed by atoms with E-state index in [9.17, 15) is 18.1 Å². The van der Waals surface area contributed by atoms with Gasteiger partial charge in [0.25, 0.3) is 0 Å². The number of alkyl halides is 3. The van der Waals surface area contributed by atoms with Gasteiger partial charge in [-0.3, -0.25) is 0 Å². The van der Waals surface area contributed by atoms with Crippen molar-refractivity contribution >= 4 is 5.69 Å². The fourth-order valence-electron chi connectivity index (χ4n) is 0.911. The average molecular weight is 220 g/mol. The Morgan fingerprint density at radius 2 is 1.80 bits per heavy atom. The summed E-state index contributed by atoms with van der Waals surface area (Å²) in [6.45, 7) is 0. The lowest BCUT2D eigenvalue weighted by molar-refractivity contribution is -0.274. The van der Waals surface area contributed by atoms with Crippen molar-refractivity contribution in [3.05, 3.63) is 29.2 Å². The van der Waals surface area contributed by atoms with Gasteiger partial charge < -0.3 is 4.74 Å². The van der Waals surface area contributed by atoms with Crippen LogP contribution >= 0.6 is 0 Å². The van der Waals surface area contributed by atoms with Gasteiger partial charge in [0, 0.05) is 7.05 Å². The summed E-state index contributed by atoms with van der Waals surface area (Å²) in [5.41, 5.74) is 0.375. The van der Waals surface area contributed by atoms with Crippen LogP contribution in [0, 0.1) is 4.91 Å². The number of rotatable bonds is 3. The molecule has 0 amide bonds. The van der Waals surface area contributed by atoms with E-state index < -0.39 is 6.36 Å². The highest BCUT2D eigenvalue weighted by Crippen LogP contribution is 2.24. The van der Waals surface area contributed by atoms with Crippen molar-refractivity contribution in [1.29, 1.82) is 0 Å². The molecule has 0 spiro atoms. The topological polar surface area (TPSA) is 41.9 Å². The molecule has 0 heterocycles. The largest absolute Gasteiger partial charge is 0.573 e. The molecular formula is C8H7F3N2O2. The predicted molar refractivity (Wildman–Crippen MR) is 47.3 cm³/mol. The van der Waals surface area contributed by atoms with Gasteiger partial charge in [0.15, 0.2) is 0 Å². The van der Waals surface area contributed by atoms with E-state index in [1.54, 1.807) is 0 Å². The minimum atomic E-state index is -4.71. The van der Waals surface area contributed by atoms with E-state index in [4.69, 9.17) is 0 Å². The van der Waals surface area contributed by atoms with Crippen molar-refractivity contribution in [1.82, 2.24) is 0 Å². The lowest BCUT2D eigenvalue weighted by Crippen LogP contribution is -2.17. The highest BCUT2D eigenvalue weighted by atomic mass is 19.4. The molecule has 0 aliphatic heterocycles. The molecule has 4 nitrogen and oxygen atoms in total. The van der Waals surface area contributed by atoms with Crippen LogP contribution in [0.2, 0.25) is 0 Å². The minimum absolute atomic E-state index is 0.342. The van der Waals surface area contributed by atoms with E-state index >= 15 is 0 Å². The van der Waals surface area contributed by atoms with E-state index in [0.717, 1.165) is 17.1 Å². The molecule has 7 heteroatoms. The molecule has 0 unspecified atom stereocenters. The number of halogens is 3. The molecule has 1 aromatic carbocycles. The SMILES string of the molecule is CN(N=O)c1ccc(OC(F)(F)F)cc1. The molecule has 0 N–H and O–H groups in total. The molecule has 82 valence electrons. The number of hydrogen-bond acceptors (Lipinski definition) is 3. The highest BCUT2D eigenvalue weighted by Gasteiger charge is 2.30. The molecule has 0 saturated heterocycles. The standard InChI is InChI=1S/C8H7F3N2O2/c1-13(12-14)6-2-4-7(5-3-6)15-8(9,10)11/h2-5H,1H3. The van der Waals surface area contributed by atoms with Gasteiger partial charge in [-0.25, -0.2) is 5.01 Å². The maximum Gasteiger partial charge on any atom is 0.573 e. The summed E-state index contributed by atoms with van der Waals surface area (Å²) in [5, 5.41) is 3.57. The number of anilines is 1. The van der Waals surface area contributed by atoms with Crippen LogP contribution in [0.15, 0.2) is 29.6 Å². The van der Waals surface area contributed by atoms with Crippen LogP contribution < -0.4 is 9.75 Å². The van der Waals surface area contributed by atoms with Crippen LogP contribution in [-0.2, 0) is 0 Å². The van der Waals surface area contributed by atoms with Crippen LogP contribution in [0.3, 0.4) is 0 Å². The lowest BCUT2D eigenvalue weighted by Gasteiger charge is -2.11. The Kier molecular flexibility index (Phi) is 3.13. The zero-order chi connectivity index (χ0) is 11.5. The fraction of sp³-hybridized carbons (Fsp3) is 0.250. The lowest BCUT2D eigenvalue weighted by atomic mass is 10.3. The monoisotopic (exact) mass is 220 g/mol. The average Bonchev–Trinajstić information content (AvgIpc) is 2.15. The maximum atomic E-state index is 11.8. The first-order valence-corrected chi connectivity index (χ1v) is 3.85. The summed E-state index contributed by atoms with van der Waals surface area (Å²) in [6.07, 6.45) is -4.71. The Bertz CT molecular complexity index is 337. The zero-order valence-electron chi connectivity index (χ0n) is 7.65. The van der Waals surface area contributed by atoms with Gasteiger partial charge in [-0.05, 0) is 24.3 Å². The first kappa shape index (κ1) is 11.3. The highest BCUT2D eigenvalue weighted by molar-refractivity contribution is 5.47. The second-order valence-corrected chi connectivity index (χ2v) is 2.65. The van der Waals surface area contributed by atoms with Crippen LogP contribution in [0.5, 0.6) is 5.75 Å². The quantitative estimate of drug-likeness (QED) is 0.580. The Morgan fingerprint density at radius 1 is 1.27 bits per heavy atom. The van der Waals surface area contributed by atoms with Crippen LogP contribution in [0.4, 0.5) is 18.9 Å². The number of nitroso groups, excluding NO2 is 1. The summed E-state index contributed by atoms with van der Waals surface area (Å²) in [4.78, 5) is 10.1. The molecule has 0 radical (unpaired) electrons. The van der Waals surface area contributed by atoms with Gasteiger partial charge in [-0.15, -0.1) is 18.1 Å². The Labute approximate surface area is 83.2 Å². The van der Waals surface area contributed by atoms with E-state index in [0.29, 0.717) is 5.69 Å². The first-order valence-electron chi connectivity index (χ1n) is 3.85.